The zero-order chi connectivity index (χ0) is 21.7. The van der Waals surface area contributed by atoms with E-state index in [1.54, 1.807) is 31.4 Å². The topological polar surface area (TPSA) is 89.0 Å². The summed E-state index contributed by atoms with van der Waals surface area (Å²) in [5.41, 5.74) is 1.23. The number of aromatic nitrogens is 1. The molecule has 1 N–H and O–H groups in total. The molecule has 1 amide bonds. The summed E-state index contributed by atoms with van der Waals surface area (Å²) in [4.78, 5) is 31.1. The number of hydrogen-bond donors (Lipinski definition) is 1. The highest BCUT2D eigenvalue weighted by Gasteiger charge is 2.45. The van der Waals surface area contributed by atoms with Gasteiger partial charge in [0.1, 0.15) is 11.5 Å². The van der Waals surface area contributed by atoms with E-state index in [2.05, 4.69) is 4.98 Å². The van der Waals surface area contributed by atoms with Crippen LogP contribution in [0.3, 0.4) is 0 Å². The Labute approximate surface area is 175 Å². The number of carbonyl (C=O) groups is 2. The van der Waals surface area contributed by atoms with Crippen molar-refractivity contribution in [2.75, 3.05) is 20.3 Å². The smallest absolute Gasteiger partial charge is 0.295 e. The molecule has 7 nitrogen and oxygen atoms in total. The molecule has 158 valence electrons. The van der Waals surface area contributed by atoms with Crippen molar-refractivity contribution in [1.29, 1.82) is 0 Å². The molecule has 0 bridgehead atoms. The van der Waals surface area contributed by atoms with Crippen LogP contribution in [0, 0.1) is 0 Å². The second kappa shape index (κ2) is 9.54. The maximum Gasteiger partial charge on any atom is 0.295 e. The Morgan fingerprint density at radius 3 is 2.40 bits per heavy atom. The molecule has 30 heavy (non-hydrogen) atoms. The minimum Gasteiger partial charge on any atom is -0.507 e. The number of carbonyl (C=O) groups excluding carboxylic acids is 2. The number of likely N-dealkylation sites (tertiary alicyclic amines) is 1. The molecule has 2 heterocycles. The van der Waals surface area contributed by atoms with E-state index < -0.39 is 17.7 Å². The third-order valence-electron chi connectivity index (χ3n) is 4.81. The van der Waals surface area contributed by atoms with Crippen LogP contribution in [-0.4, -0.2) is 53.0 Å². The van der Waals surface area contributed by atoms with E-state index in [0.29, 0.717) is 30.9 Å². The number of aliphatic hydroxyl groups is 1. The van der Waals surface area contributed by atoms with Gasteiger partial charge in [0.15, 0.2) is 0 Å². The number of methoxy groups -OCH3 is 1. The number of nitrogens with zero attached hydrogens (tertiary/aromatic N) is 2. The van der Waals surface area contributed by atoms with Crippen molar-refractivity contribution in [3.8, 4) is 5.75 Å². The maximum absolute atomic E-state index is 12.9. The Morgan fingerprint density at radius 2 is 1.80 bits per heavy atom. The first-order valence-electron chi connectivity index (χ1n) is 9.88. The minimum atomic E-state index is -0.700. The number of pyridine rings is 1. The summed E-state index contributed by atoms with van der Waals surface area (Å²) in [6, 6.07) is 9.75. The molecule has 0 aliphatic carbocycles. The van der Waals surface area contributed by atoms with E-state index in [-0.39, 0.29) is 17.4 Å². The minimum absolute atomic E-state index is 0.0298. The number of Topliss-reactive ketones (excluding diaryl/α,β-unsaturated/α-hetero) is 1. The first kappa shape index (κ1) is 21.5. The number of aliphatic hydroxyl groups excluding tert-OH is 1. The fourth-order valence-corrected chi connectivity index (χ4v) is 3.50. The van der Waals surface area contributed by atoms with E-state index in [4.69, 9.17) is 9.47 Å². The standard InChI is InChI=1S/C23H26N2O5/c1-15(2)30-18-7-5-16(6-8-18)20-19(21(26)17-9-11-24-12-10-17)22(27)23(28)25(20)13-4-14-29-3/h5-12,15,20,26H,4,13-14H2,1-3H3/b21-19-. The van der Waals surface area contributed by atoms with Gasteiger partial charge in [-0.1, -0.05) is 12.1 Å². The van der Waals surface area contributed by atoms with E-state index in [1.807, 2.05) is 26.0 Å². The van der Waals surface area contributed by atoms with Crippen molar-refractivity contribution < 1.29 is 24.2 Å². The Kier molecular flexibility index (Phi) is 6.84. The predicted octanol–water partition coefficient (Wildman–Crippen LogP) is 3.33. The van der Waals surface area contributed by atoms with Gasteiger partial charge >= 0.3 is 0 Å². The van der Waals surface area contributed by atoms with Crippen molar-refractivity contribution in [3.63, 3.8) is 0 Å². The summed E-state index contributed by atoms with van der Waals surface area (Å²) in [5, 5.41) is 10.9. The van der Waals surface area contributed by atoms with Gasteiger partial charge in [-0.2, -0.15) is 0 Å². The van der Waals surface area contributed by atoms with Gasteiger partial charge in [-0.05, 0) is 50.1 Å². The van der Waals surface area contributed by atoms with E-state index in [1.165, 1.54) is 17.3 Å². The highest BCUT2D eigenvalue weighted by Crippen LogP contribution is 2.39. The SMILES string of the molecule is COCCCN1C(=O)C(=O)/C(=C(\O)c2ccncc2)C1c1ccc(OC(C)C)cc1. The fourth-order valence-electron chi connectivity index (χ4n) is 3.50. The Balaban J connectivity index is 2.05. The normalized spacial score (nSPS) is 18.3. The van der Waals surface area contributed by atoms with Crippen molar-refractivity contribution in [2.24, 2.45) is 0 Å². The lowest BCUT2D eigenvalue weighted by Gasteiger charge is -2.25. The number of rotatable bonds is 8. The van der Waals surface area contributed by atoms with Gasteiger partial charge in [-0.25, -0.2) is 0 Å². The first-order chi connectivity index (χ1) is 14.4. The van der Waals surface area contributed by atoms with Crippen molar-refractivity contribution in [2.45, 2.75) is 32.4 Å². The van der Waals surface area contributed by atoms with Crippen LogP contribution < -0.4 is 4.74 Å². The van der Waals surface area contributed by atoms with E-state index in [9.17, 15) is 14.7 Å². The zero-order valence-corrected chi connectivity index (χ0v) is 17.4. The molecule has 1 aliphatic rings. The molecule has 0 spiro atoms. The fraction of sp³-hybridized carbons (Fsp3) is 0.348. The zero-order valence-electron chi connectivity index (χ0n) is 17.4. The Morgan fingerprint density at radius 1 is 1.13 bits per heavy atom. The Bertz CT molecular complexity index is 922. The molecule has 1 unspecified atom stereocenters. The molecule has 0 radical (unpaired) electrons. The lowest BCUT2D eigenvalue weighted by Crippen LogP contribution is -2.31. The van der Waals surface area contributed by atoms with Crippen LogP contribution in [0.5, 0.6) is 5.75 Å². The lowest BCUT2D eigenvalue weighted by molar-refractivity contribution is -0.140. The molecular formula is C23H26N2O5. The van der Waals surface area contributed by atoms with Gasteiger partial charge in [0.05, 0.1) is 17.7 Å². The third kappa shape index (κ3) is 4.52. The van der Waals surface area contributed by atoms with Crippen molar-refractivity contribution in [1.82, 2.24) is 9.88 Å². The molecule has 7 heteroatoms. The van der Waals surface area contributed by atoms with Crippen molar-refractivity contribution in [3.05, 3.63) is 65.5 Å². The Hall–Kier alpha value is -3.19. The number of hydrogen-bond acceptors (Lipinski definition) is 6. The molecule has 2 aromatic rings. The molecule has 3 rings (SSSR count). The summed E-state index contributed by atoms with van der Waals surface area (Å²) < 4.78 is 10.8. The molecular weight excluding hydrogens is 384 g/mol. The second-order valence-corrected chi connectivity index (χ2v) is 7.31. The molecule has 1 atom stereocenters. The van der Waals surface area contributed by atoms with Gasteiger partial charge in [0, 0.05) is 38.2 Å². The van der Waals surface area contributed by atoms with Gasteiger partial charge < -0.3 is 19.5 Å². The highest BCUT2D eigenvalue weighted by atomic mass is 16.5. The van der Waals surface area contributed by atoms with Crippen LogP contribution in [0.2, 0.25) is 0 Å². The first-order valence-corrected chi connectivity index (χ1v) is 9.88. The van der Waals surface area contributed by atoms with Crippen molar-refractivity contribution >= 4 is 17.4 Å². The summed E-state index contributed by atoms with van der Waals surface area (Å²) in [5.74, 6) is -0.847. The molecule has 1 aromatic carbocycles. The predicted molar refractivity (Wildman–Crippen MR) is 112 cm³/mol. The van der Waals surface area contributed by atoms with Crippen LogP contribution in [-0.2, 0) is 14.3 Å². The van der Waals surface area contributed by atoms with Crippen LogP contribution in [0.1, 0.15) is 37.4 Å². The van der Waals surface area contributed by atoms with Gasteiger partial charge in [0.25, 0.3) is 11.7 Å². The maximum atomic E-state index is 12.9. The average Bonchev–Trinajstić information content (AvgIpc) is 2.99. The second-order valence-electron chi connectivity index (χ2n) is 7.31. The van der Waals surface area contributed by atoms with Crippen LogP contribution >= 0.6 is 0 Å². The van der Waals surface area contributed by atoms with Gasteiger partial charge in [-0.15, -0.1) is 0 Å². The number of benzene rings is 1. The quantitative estimate of drug-likeness (QED) is 0.311. The molecule has 1 aliphatic heterocycles. The van der Waals surface area contributed by atoms with Crippen LogP contribution in [0.25, 0.3) is 5.76 Å². The monoisotopic (exact) mass is 410 g/mol. The molecule has 1 saturated heterocycles. The number of ether oxygens (including phenoxy) is 2. The molecule has 1 fully saturated rings. The summed E-state index contributed by atoms with van der Waals surface area (Å²) >= 11 is 0. The highest BCUT2D eigenvalue weighted by molar-refractivity contribution is 6.46. The largest absolute Gasteiger partial charge is 0.507 e. The van der Waals surface area contributed by atoms with Crippen LogP contribution in [0.4, 0.5) is 0 Å². The average molecular weight is 410 g/mol. The van der Waals surface area contributed by atoms with Gasteiger partial charge in [-0.3, -0.25) is 14.6 Å². The summed E-state index contributed by atoms with van der Waals surface area (Å²) in [6.07, 6.45) is 3.65. The number of ketones is 1. The molecule has 1 aromatic heterocycles. The number of amides is 1. The molecule has 0 saturated carbocycles. The van der Waals surface area contributed by atoms with E-state index in [0.717, 1.165) is 5.56 Å². The third-order valence-corrected chi connectivity index (χ3v) is 4.81. The van der Waals surface area contributed by atoms with Crippen LogP contribution in [0.15, 0.2) is 54.4 Å². The van der Waals surface area contributed by atoms with E-state index >= 15 is 0 Å². The van der Waals surface area contributed by atoms with Gasteiger partial charge in [0.2, 0.25) is 0 Å². The summed E-state index contributed by atoms with van der Waals surface area (Å²) in [7, 11) is 1.59. The lowest BCUT2D eigenvalue weighted by atomic mass is 9.95. The summed E-state index contributed by atoms with van der Waals surface area (Å²) in [6.45, 7) is 4.67.